The van der Waals surface area contributed by atoms with Gasteiger partial charge in [0, 0.05) is 9.92 Å². The molecule has 84 valence electrons. The third kappa shape index (κ3) is 1.91. The molecule has 0 atom stereocenters. The van der Waals surface area contributed by atoms with E-state index >= 15 is 0 Å². The van der Waals surface area contributed by atoms with Crippen molar-refractivity contribution in [2.24, 2.45) is 4.99 Å². The van der Waals surface area contributed by atoms with Gasteiger partial charge in [0.05, 0.1) is 5.54 Å². The summed E-state index contributed by atoms with van der Waals surface area (Å²) >= 11 is 7.67. The van der Waals surface area contributed by atoms with E-state index in [4.69, 9.17) is 11.6 Å². The molecular weight excluding hydrogens is 242 g/mol. The molecule has 4 heteroatoms. The summed E-state index contributed by atoms with van der Waals surface area (Å²) in [6.07, 6.45) is 6.65. The highest BCUT2D eigenvalue weighted by molar-refractivity contribution is 7.98. The lowest BCUT2D eigenvalue weighted by Crippen LogP contribution is -2.32. The normalized spacial score (nSPS) is 17.4. The van der Waals surface area contributed by atoms with E-state index < -0.39 is 0 Å². The number of carbonyl (C=O) groups excluding carboxylic acids is 1. The molecular formula is C12H12ClNOS. The van der Waals surface area contributed by atoms with Crippen LogP contribution in [0.15, 0.2) is 28.1 Å². The summed E-state index contributed by atoms with van der Waals surface area (Å²) < 4.78 is 0. The molecule has 1 saturated carbocycles. The zero-order chi connectivity index (χ0) is 11.6. The van der Waals surface area contributed by atoms with E-state index in [0.29, 0.717) is 5.02 Å². The number of thioether (sulfide) groups is 1. The summed E-state index contributed by atoms with van der Waals surface area (Å²) in [7, 11) is 0. The highest BCUT2D eigenvalue weighted by atomic mass is 35.5. The van der Waals surface area contributed by atoms with Crippen LogP contribution in [0.3, 0.4) is 0 Å². The number of isocyanates is 1. The molecule has 1 aromatic rings. The van der Waals surface area contributed by atoms with E-state index in [-0.39, 0.29) is 5.54 Å². The van der Waals surface area contributed by atoms with E-state index in [2.05, 4.69) is 4.99 Å². The van der Waals surface area contributed by atoms with E-state index in [1.54, 1.807) is 17.8 Å². The fraction of sp³-hybridized carbons (Fsp3) is 0.417. The highest BCUT2D eigenvalue weighted by Gasteiger charge is 2.40. The van der Waals surface area contributed by atoms with Crippen molar-refractivity contribution < 1.29 is 4.79 Å². The van der Waals surface area contributed by atoms with Crippen LogP contribution >= 0.6 is 23.4 Å². The first-order chi connectivity index (χ1) is 7.72. The van der Waals surface area contributed by atoms with Gasteiger partial charge < -0.3 is 0 Å². The van der Waals surface area contributed by atoms with Crippen molar-refractivity contribution >= 4 is 29.4 Å². The Hall–Kier alpha value is -0.760. The topological polar surface area (TPSA) is 29.4 Å². The van der Waals surface area contributed by atoms with Crippen LogP contribution < -0.4 is 0 Å². The number of halogens is 1. The van der Waals surface area contributed by atoms with Gasteiger partial charge in [0.15, 0.2) is 0 Å². The molecule has 0 N–H and O–H groups in total. The Kier molecular flexibility index (Phi) is 3.38. The van der Waals surface area contributed by atoms with E-state index in [1.165, 1.54) is 0 Å². The van der Waals surface area contributed by atoms with Gasteiger partial charge in [-0.15, -0.1) is 11.8 Å². The quantitative estimate of drug-likeness (QED) is 0.466. The van der Waals surface area contributed by atoms with E-state index in [1.807, 2.05) is 24.5 Å². The summed E-state index contributed by atoms with van der Waals surface area (Å²) in [4.78, 5) is 15.7. The van der Waals surface area contributed by atoms with Gasteiger partial charge in [0.2, 0.25) is 6.08 Å². The lowest BCUT2D eigenvalue weighted by molar-refractivity contribution is 0.251. The zero-order valence-electron chi connectivity index (χ0n) is 9.00. The van der Waals surface area contributed by atoms with Gasteiger partial charge in [0.1, 0.15) is 0 Å². The van der Waals surface area contributed by atoms with Crippen molar-refractivity contribution in [3.63, 3.8) is 0 Å². The minimum Gasteiger partial charge on any atom is -0.211 e. The Balaban J connectivity index is 2.52. The van der Waals surface area contributed by atoms with E-state index in [0.717, 1.165) is 29.7 Å². The van der Waals surface area contributed by atoms with Crippen LogP contribution in [0.25, 0.3) is 0 Å². The maximum Gasteiger partial charge on any atom is 0.235 e. The fourth-order valence-electron chi connectivity index (χ4n) is 2.08. The average molecular weight is 254 g/mol. The summed E-state index contributed by atoms with van der Waals surface area (Å²) in [5.74, 6) is 0. The molecule has 1 aliphatic rings. The molecule has 2 rings (SSSR count). The largest absolute Gasteiger partial charge is 0.235 e. The first-order valence-electron chi connectivity index (χ1n) is 5.15. The zero-order valence-corrected chi connectivity index (χ0v) is 10.6. The molecule has 0 bridgehead atoms. The van der Waals surface area contributed by atoms with Gasteiger partial charge in [0.25, 0.3) is 0 Å². The van der Waals surface area contributed by atoms with Gasteiger partial charge in [-0.1, -0.05) is 11.6 Å². The standard InChI is InChI=1S/C12H12ClNOS/c1-16-11-4-3-9(13)7-10(11)12(14-8-15)5-2-6-12/h3-4,7H,2,5-6H2,1H3. The van der Waals surface area contributed by atoms with Gasteiger partial charge in [-0.2, -0.15) is 4.99 Å². The Labute approximate surface area is 104 Å². The predicted molar refractivity (Wildman–Crippen MR) is 66.9 cm³/mol. The predicted octanol–water partition coefficient (Wildman–Crippen LogP) is 3.78. The number of benzene rings is 1. The van der Waals surface area contributed by atoms with Crippen molar-refractivity contribution in [2.45, 2.75) is 29.7 Å². The molecule has 0 radical (unpaired) electrons. The SMILES string of the molecule is CSc1ccc(Cl)cc1C1(N=C=O)CCC1. The third-order valence-electron chi connectivity index (χ3n) is 3.10. The molecule has 0 heterocycles. The molecule has 0 unspecified atom stereocenters. The van der Waals surface area contributed by atoms with Crippen LogP contribution in [0, 0.1) is 0 Å². The minimum atomic E-state index is -0.356. The molecule has 16 heavy (non-hydrogen) atoms. The van der Waals surface area contributed by atoms with Crippen LogP contribution in [0.1, 0.15) is 24.8 Å². The maximum atomic E-state index is 10.5. The first-order valence-corrected chi connectivity index (χ1v) is 6.75. The average Bonchev–Trinajstić information content (AvgIpc) is 2.23. The van der Waals surface area contributed by atoms with Crippen LogP contribution in [-0.2, 0) is 10.3 Å². The smallest absolute Gasteiger partial charge is 0.211 e. The molecule has 1 aromatic carbocycles. The first kappa shape index (κ1) is 11.7. The second-order valence-corrected chi connectivity index (χ2v) is 5.22. The monoisotopic (exact) mass is 253 g/mol. The Morgan fingerprint density at radius 1 is 1.50 bits per heavy atom. The Bertz CT molecular complexity index is 450. The maximum absolute atomic E-state index is 10.5. The molecule has 0 saturated heterocycles. The number of rotatable bonds is 3. The van der Waals surface area contributed by atoms with Crippen molar-refractivity contribution in [1.82, 2.24) is 0 Å². The second kappa shape index (κ2) is 4.62. The second-order valence-electron chi connectivity index (χ2n) is 3.93. The van der Waals surface area contributed by atoms with Crippen molar-refractivity contribution in [2.75, 3.05) is 6.26 Å². The molecule has 0 amide bonds. The lowest BCUT2D eigenvalue weighted by Gasteiger charge is -2.38. The summed E-state index contributed by atoms with van der Waals surface area (Å²) in [5, 5.41) is 0.695. The molecule has 0 aromatic heterocycles. The molecule has 0 aliphatic heterocycles. The van der Waals surface area contributed by atoms with Crippen LogP contribution in [0.2, 0.25) is 5.02 Å². The summed E-state index contributed by atoms with van der Waals surface area (Å²) in [5.41, 5.74) is 0.715. The number of hydrogen-bond donors (Lipinski definition) is 0. The minimum absolute atomic E-state index is 0.356. The lowest BCUT2D eigenvalue weighted by atomic mass is 9.72. The molecule has 1 aliphatic carbocycles. The fourth-order valence-corrected chi connectivity index (χ4v) is 2.93. The van der Waals surface area contributed by atoms with Crippen molar-refractivity contribution in [3.8, 4) is 0 Å². The van der Waals surface area contributed by atoms with Gasteiger partial charge in [-0.25, -0.2) is 4.79 Å². The number of nitrogens with zero attached hydrogens (tertiary/aromatic N) is 1. The molecule has 2 nitrogen and oxygen atoms in total. The molecule has 0 spiro atoms. The van der Waals surface area contributed by atoms with Crippen LogP contribution in [0.4, 0.5) is 0 Å². The summed E-state index contributed by atoms with van der Waals surface area (Å²) in [6.45, 7) is 0. The van der Waals surface area contributed by atoms with Crippen LogP contribution in [-0.4, -0.2) is 12.3 Å². The number of aliphatic imine (C=N–C) groups is 1. The number of hydrogen-bond acceptors (Lipinski definition) is 3. The van der Waals surface area contributed by atoms with Gasteiger partial charge in [-0.05, 0) is 49.3 Å². The van der Waals surface area contributed by atoms with E-state index in [9.17, 15) is 4.79 Å². The Morgan fingerprint density at radius 2 is 2.25 bits per heavy atom. The third-order valence-corrected chi connectivity index (χ3v) is 4.13. The highest BCUT2D eigenvalue weighted by Crippen LogP contribution is 2.48. The van der Waals surface area contributed by atoms with Crippen molar-refractivity contribution in [1.29, 1.82) is 0 Å². The van der Waals surface area contributed by atoms with Gasteiger partial charge >= 0.3 is 0 Å². The summed E-state index contributed by atoms with van der Waals surface area (Å²) in [6, 6.07) is 5.78. The Morgan fingerprint density at radius 3 is 2.75 bits per heavy atom. The van der Waals surface area contributed by atoms with Gasteiger partial charge in [-0.3, -0.25) is 0 Å². The van der Waals surface area contributed by atoms with Crippen LogP contribution in [0.5, 0.6) is 0 Å². The van der Waals surface area contributed by atoms with Crippen molar-refractivity contribution in [3.05, 3.63) is 28.8 Å². The molecule has 1 fully saturated rings.